The molecule has 2 N–H and O–H groups in total. The number of allylic oxidation sites excluding steroid dienone is 2. The van der Waals surface area contributed by atoms with Crippen LogP contribution in [0.5, 0.6) is 0 Å². The first kappa shape index (κ1) is 14.1. The van der Waals surface area contributed by atoms with Gasteiger partial charge in [0.25, 0.3) is 11.5 Å². The van der Waals surface area contributed by atoms with Crippen molar-refractivity contribution >= 4 is 11.9 Å². The molecule has 1 atom stereocenters. The van der Waals surface area contributed by atoms with E-state index in [9.17, 15) is 14.4 Å². The van der Waals surface area contributed by atoms with E-state index in [0.717, 1.165) is 0 Å². The molecule has 0 spiro atoms. The van der Waals surface area contributed by atoms with Crippen molar-refractivity contribution in [3.8, 4) is 0 Å². The highest BCUT2D eigenvalue weighted by atomic mass is 16.5. The Morgan fingerprint density at radius 3 is 2.82 bits per heavy atom. The van der Waals surface area contributed by atoms with Crippen LogP contribution in [0.25, 0.3) is 0 Å². The number of carbonyl (C=O) groups excluding carboxylic acids is 2. The summed E-state index contributed by atoms with van der Waals surface area (Å²) in [6.45, 7) is 1.96. The lowest BCUT2D eigenvalue weighted by Crippen LogP contribution is -2.54. The van der Waals surface area contributed by atoms with Crippen molar-refractivity contribution in [3.63, 3.8) is 0 Å². The summed E-state index contributed by atoms with van der Waals surface area (Å²) in [7, 11) is 0. The zero-order valence-corrected chi connectivity index (χ0v) is 12.0. The average molecular weight is 301 g/mol. The molecule has 0 radical (unpaired) electrons. The van der Waals surface area contributed by atoms with Crippen molar-refractivity contribution in [2.45, 2.75) is 19.0 Å². The van der Waals surface area contributed by atoms with Crippen LogP contribution in [0, 0.1) is 6.92 Å². The Morgan fingerprint density at radius 2 is 2.18 bits per heavy atom. The molecule has 7 heteroatoms. The molecule has 2 aliphatic rings. The zero-order valence-electron chi connectivity index (χ0n) is 12.0. The van der Waals surface area contributed by atoms with Gasteiger partial charge in [0, 0.05) is 11.8 Å². The van der Waals surface area contributed by atoms with Gasteiger partial charge in [-0.25, -0.2) is 4.79 Å². The van der Waals surface area contributed by atoms with E-state index in [1.807, 2.05) is 0 Å². The first-order chi connectivity index (χ1) is 10.5. The van der Waals surface area contributed by atoms with Crippen molar-refractivity contribution < 1.29 is 14.3 Å². The van der Waals surface area contributed by atoms with E-state index in [-0.39, 0.29) is 12.1 Å². The van der Waals surface area contributed by atoms with Gasteiger partial charge in [-0.3, -0.25) is 14.9 Å². The SMILES string of the molecule is Cc1cccn(CC2(C3=CC=CCO3)NC(=O)NC2=O)c1=O. The van der Waals surface area contributed by atoms with Gasteiger partial charge in [-0.1, -0.05) is 12.1 Å². The highest BCUT2D eigenvalue weighted by Crippen LogP contribution is 2.26. The number of pyridine rings is 1. The van der Waals surface area contributed by atoms with E-state index < -0.39 is 17.5 Å². The van der Waals surface area contributed by atoms with Gasteiger partial charge in [-0.2, -0.15) is 0 Å². The Kier molecular flexibility index (Phi) is 3.32. The van der Waals surface area contributed by atoms with Gasteiger partial charge in [0.1, 0.15) is 12.4 Å². The molecule has 0 aromatic carbocycles. The second kappa shape index (κ2) is 5.18. The molecule has 1 aromatic rings. The smallest absolute Gasteiger partial charge is 0.322 e. The maximum absolute atomic E-state index is 12.4. The number of hydrogen-bond donors (Lipinski definition) is 2. The van der Waals surface area contributed by atoms with Gasteiger partial charge in [0.2, 0.25) is 0 Å². The molecular formula is C15H15N3O4. The van der Waals surface area contributed by atoms with Crippen LogP contribution in [0.1, 0.15) is 5.56 Å². The van der Waals surface area contributed by atoms with Gasteiger partial charge in [-0.05, 0) is 25.1 Å². The number of nitrogens with zero attached hydrogens (tertiary/aromatic N) is 1. The lowest BCUT2D eigenvalue weighted by Gasteiger charge is -2.30. The molecule has 3 heterocycles. The van der Waals surface area contributed by atoms with E-state index in [1.54, 1.807) is 43.5 Å². The number of nitrogens with one attached hydrogen (secondary N) is 2. The fourth-order valence-corrected chi connectivity index (χ4v) is 2.55. The fraction of sp³-hybridized carbons (Fsp3) is 0.267. The Morgan fingerprint density at radius 1 is 1.36 bits per heavy atom. The predicted molar refractivity (Wildman–Crippen MR) is 78.0 cm³/mol. The molecule has 7 nitrogen and oxygen atoms in total. The highest BCUT2D eigenvalue weighted by molar-refractivity contribution is 6.08. The van der Waals surface area contributed by atoms with Crippen LogP contribution in [0.3, 0.4) is 0 Å². The maximum atomic E-state index is 12.4. The van der Waals surface area contributed by atoms with Crippen LogP contribution in [0.15, 0.2) is 47.1 Å². The molecule has 1 saturated heterocycles. The third-order valence-corrected chi connectivity index (χ3v) is 3.70. The summed E-state index contributed by atoms with van der Waals surface area (Å²) in [6, 6.07) is 2.80. The lowest BCUT2D eigenvalue weighted by molar-refractivity contribution is -0.124. The Balaban J connectivity index is 2.07. The van der Waals surface area contributed by atoms with Gasteiger partial charge >= 0.3 is 6.03 Å². The first-order valence-corrected chi connectivity index (χ1v) is 6.83. The number of urea groups is 1. The number of aromatic nitrogens is 1. The summed E-state index contributed by atoms with van der Waals surface area (Å²) in [4.78, 5) is 36.2. The van der Waals surface area contributed by atoms with E-state index in [2.05, 4.69) is 10.6 Å². The number of amides is 3. The fourth-order valence-electron chi connectivity index (χ4n) is 2.55. The normalized spacial score (nSPS) is 23.6. The van der Waals surface area contributed by atoms with Crippen molar-refractivity contribution in [1.82, 2.24) is 15.2 Å². The minimum Gasteiger partial charge on any atom is -0.491 e. The molecule has 0 aliphatic carbocycles. The molecule has 0 bridgehead atoms. The summed E-state index contributed by atoms with van der Waals surface area (Å²) < 4.78 is 6.90. The van der Waals surface area contributed by atoms with Crippen LogP contribution >= 0.6 is 0 Å². The Hall–Kier alpha value is -2.83. The summed E-state index contributed by atoms with van der Waals surface area (Å²) in [6.07, 6.45) is 6.73. The molecule has 1 fully saturated rings. The zero-order chi connectivity index (χ0) is 15.7. The van der Waals surface area contributed by atoms with Gasteiger partial charge in [0.15, 0.2) is 5.54 Å². The molecule has 22 heavy (non-hydrogen) atoms. The summed E-state index contributed by atoms with van der Waals surface area (Å²) >= 11 is 0. The van der Waals surface area contributed by atoms with Crippen LogP contribution in [0.4, 0.5) is 4.79 Å². The maximum Gasteiger partial charge on any atom is 0.322 e. The molecule has 1 aromatic heterocycles. The van der Waals surface area contributed by atoms with Gasteiger partial charge in [-0.15, -0.1) is 0 Å². The lowest BCUT2D eigenvalue weighted by atomic mass is 9.95. The largest absolute Gasteiger partial charge is 0.491 e. The number of aryl methyl sites for hydroxylation is 1. The summed E-state index contributed by atoms with van der Waals surface area (Å²) in [5.74, 6) is -0.223. The summed E-state index contributed by atoms with van der Waals surface area (Å²) in [5.41, 5.74) is -1.08. The third-order valence-electron chi connectivity index (χ3n) is 3.70. The number of hydrogen-bond acceptors (Lipinski definition) is 4. The molecule has 114 valence electrons. The minimum atomic E-state index is -1.42. The van der Waals surface area contributed by atoms with E-state index in [1.165, 1.54) is 4.57 Å². The van der Waals surface area contributed by atoms with E-state index in [4.69, 9.17) is 4.74 Å². The van der Waals surface area contributed by atoms with E-state index in [0.29, 0.717) is 17.9 Å². The molecule has 1 unspecified atom stereocenters. The average Bonchev–Trinajstić information content (AvgIpc) is 2.80. The Labute approximate surface area is 126 Å². The second-order valence-electron chi connectivity index (χ2n) is 5.21. The van der Waals surface area contributed by atoms with Crippen molar-refractivity contribution in [1.29, 1.82) is 0 Å². The Bertz CT molecular complexity index is 762. The van der Waals surface area contributed by atoms with Gasteiger partial charge in [0.05, 0.1) is 6.54 Å². The van der Waals surface area contributed by atoms with Gasteiger partial charge < -0.3 is 14.6 Å². The van der Waals surface area contributed by atoms with Crippen LogP contribution in [0.2, 0.25) is 0 Å². The summed E-state index contributed by atoms with van der Waals surface area (Å²) in [5, 5.41) is 4.81. The van der Waals surface area contributed by atoms with E-state index >= 15 is 0 Å². The standard InChI is InChI=1S/C15H15N3O4/c1-10-5-4-7-18(12(10)19)9-15(11-6-2-3-8-22-11)13(20)16-14(21)17-15/h2-7H,8-9H2,1H3,(H2,16,17,20,21). The molecule has 2 aliphatic heterocycles. The molecule has 3 amide bonds. The van der Waals surface area contributed by atoms with Crippen molar-refractivity contribution in [2.75, 3.05) is 6.61 Å². The number of imide groups is 1. The van der Waals surface area contributed by atoms with Crippen molar-refractivity contribution in [3.05, 3.63) is 58.2 Å². The van der Waals surface area contributed by atoms with Crippen LogP contribution in [-0.4, -0.2) is 28.7 Å². The number of ether oxygens (including phenoxy) is 1. The minimum absolute atomic E-state index is 0.0369. The quantitative estimate of drug-likeness (QED) is 0.781. The first-order valence-electron chi connectivity index (χ1n) is 6.83. The predicted octanol–water partition coefficient (Wildman–Crippen LogP) is 0.205. The topological polar surface area (TPSA) is 89.4 Å². The second-order valence-corrected chi connectivity index (χ2v) is 5.21. The molecular weight excluding hydrogens is 286 g/mol. The number of rotatable bonds is 3. The third kappa shape index (κ3) is 2.20. The van der Waals surface area contributed by atoms with Crippen LogP contribution < -0.4 is 16.2 Å². The van der Waals surface area contributed by atoms with Crippen LogP contribution in [-0.2, 0) is 16.1 Å². The number of carbonyl (C=O) groups is 2. The molecule has 3 rings (SSSR count). The van der Waals surface area contributed by atoms with Crippen molar-refractivity contribution in [2.24, 2.45) is 0 Å². The molecule has 0 saturated carbocycles. The monoisotopic (exact) mass is 301 g/mol. The highest BCUT2D eigenvalue weighted by Gasteiger charge is 2.51.